The molecule has 2 aromatic heterocycles. The average molecular weight is 422 g/mol. The number of amides is 1. The van der Waals surface area contributed by atoms with Crippen molar-refractivity contribution in [3.8, 4) is 0 Å². The number of aromatic nitrogens is 3. The van der Waals surface area contributed by atoms with E-state index in [1.165, 1.54) is 51.5 Å². The van der Waals surface area contributed by atoms with Crippen molar-refractivity contribution in [1.82, 2.24) is 25.0 Å². The highest BCUT2D eigenvalue weighted by molar-refractivity contribution is 5.94. The lowest BCUT2D eigenvalue weighted by molar-refractivity contribution is 0.0578. The molecule has 0 radical (unpaired) electrons. The third kappa shape index (κ3) is 4.69. The number of nitrogens with zero attached hydrogens (tertiary/aromatic N) is 4. The first-order valence-corrected chi connectivity index (χ1v) is 12.3. The summed E-state index contributed by atoms with van der Waals surface area (Å²) in [6, 6.07) is 4.78. The van der Waals surface area contributed by atoms with Gasteiger partial charge >= 0.3 is 0 Å². The van der Waals surface area contributed by atoms with E-state index in [1.54, 1.807) is 6.20 Å². The third-order valence-electron chi connectivity index (χ3n) is 7.51. The van der Waals surface area contributed by atoms with Crippen LogP contribution in [0.1, 0.15) is 78.7 Å². The molecular formula is C25H35N5O. The summed E-state index contributed by atoms with van der Waals surface area (Å²) in [7, 11) is 0. The lowest BCUT2D eigenvalue weighted by Gasteiger charge is -2.41. The van der Waals surface area contributed by atoms with Gasteiger partial charge in [0.1, 0.15) is 0 Å². The van der Waals surface area contributed by atoms with Crippen LogP contribution in [0, 0.1) is 5.92 Å². The predicted octanol–water partition coefficient (Wildman–Crippen LogP) is 3.98. The Bertz CT molecular complexity index is 873. The van der Waals surface area contributed by atoms with E-state index in [2.05, 4.69) is 26.1 Å². The van der Waals surface area contributed by atoms with E-state index in [4.69, 9.17) is 0 Å². The smallest absolute Gasteiger partial charge is 0.274 e. The van der Waals surface area contributed by atoms with Gasteiger partial charge in [-0.2, -0.15) is 5.10 Å². The SMILES string of the molecule is O=C(c1n[nH]c2c1CCC2)N(Cc1cccnc1)CC1CCCN(C2CCCCC2)C1. The minimum absolute atomic E-state index is 0.0815. The van der Waals surface area contributed by atoms with Crippen LogP contribution < -0.4 is 0 Å². The number of carbonyl (C=O) groups is 1. The molecule has 2 fully saturated rings. The Balaban J connectivity index is 1.32. The van der Waals surface area contributed by atoms with Crippen molar-refractivity contribution < 1.29 is 4.79 Å². The number of likely N-dealkylation sites (tertiary alicyclic amines) is 1. The van der Waals surface area contributed by atoms with Crippen LogP contribution in [0.25, 0.3) is 0 Å². The summed E-state index contributed by atoms with van der Waals surface area (Å²) in [6.07, 6.45) is 16.1. The van der Waals surface area contributed by atoms with E-state index in [1.807, 2.05) is 17.2 Å². The second-order valence-electron chi connectivity index (χ2n) is 9.72. The van der Waals surface area contributed by atoms with Gasteiger partial charge in [-0.05, 0) is 69.0 Å². The van der Waals surface area contributed by atoms with Crippen molar-refractivity contribution in [1.29, 1.82) is 0 Å². The fourth-order valence-electron chi connectivity index (χ4n) is 5.91. The molecule has 1 amide bonds. The lowest BCUT2D eigenvalue weighted by Crippen LogP contribution is -2.47. The first-order chi connectivity index (χ1) is 15.3. The Kier molecular flexibility index (Phi) is 6.35. The summed E-state index contributed by atoms with van der Waals surface area (Å²) in [5.74, 6) is 0.612. The standard InChI is InChI=1S/C25H35N5O/c31-25(24-22-11-4-12-23(22)27-28-24)30(16-19-7-5-13-26-15-19)18-20-8-6-14-29(17-20)21-9-2-1-3-10-21/h5,7,13,15,20-21H,1-4,6,8-12,14,16-18H2,(H,27,28). The number of aromatic amines is 1. The monoisotopic (exact) mass is 421 g/mol. The maximum Gasteiger partial charge on any atom is 0.274 e. The summed E-state index contributed by atoms with van der Waals surface area (Å²) in [5.41, 5.74) is 4.04. The van der Waals surface area contributed by atoms with E-state index >= 15 is 0 Å². The third-order valence-corrected chi connectivity index (χ3v) is 7.51. The maximum atomic E-state index is 13.6. The molecule has 3 heterocycles. The molecule has 1 N–H and O–H groups in total. The second kappa shape index (κ2) is 9.51. The van der Waals surface area contributed by atoms with Crippen LogP contribution in [0.5, 0.6) is 0 Å². The zero-order valence-electron chi connectivity index (χ0n) is 18.6. The number of fused-ring (bicyclic) bond motifs is 1. The molecule has 1 saturated carbocycles. The Morgan fingerprint density at radius 3 is 2.87 bits per heavy atom. The van der Waals surface area contributed by atoms with E-state index in [-0.39, 0.29) is 5.91 Å². The number of rotatable bonds is 6. The quantitative estimate of drug-likeness (QED) is 0.766. The number of carbonyl (C=O) groups excluding carboxylic acids is 1. The zero-order valence-corrected chi connectivity index (χ0v) is 18.6. The molecule has 6 nitrogen and oxygen atoms in total. The van der Waals surface area contributed by atoms with Gasteiger partial charge in [-0.3, -0.25) is 14.9 Å². The first kappa shape index (κ1) is 20.7. The summed E-state index contributed by atoms with van der Waals surface area (Å²) in [6.45, 7) is 3.76. The summed E-state index contributed by atoms with van der Waals surface area (Å²) >= 11 is 0. The van der Waals surface area contributed by atoms with Crippen molar-refractivity contribution in [2.24, 2.45) is 5.92 Å². The number of hydrogen-bond acceptors (Lipinski definition) is 4. The molecule has 1 saturated heterocycles. The molecule has 2 aliphatic carbocycles. The molecule has 0 spiro atoms. The maximum absolute atomic E-state index is 13.6. The number of nitrogens with one attached hydrogen (secondary N) is 1. The molecule has 5 rings (SSSR count). The Hall–Kier alpha value is -2.21. The van der Waals surface area contributed by atoms with Crippen molar-refractivity contribution in [2.75, 3.05) is 19.6 Å². The first-order valence-electron chi connectivity index (χ1n) is 12.3. The van der Waals surface area contributed by atoms with Crippen molar-refractivity contribution in [3.05, 3.63) is 47.0 Å². The summed E-state index contributed by atoms with van der Waals surface area (Å²) in [4.78, 5) is 22.7. The molecule has 31 heavy (non-hydrogen) atoms. The van der Waals surface area contributed by atoms with E-state index in [0.717, 1.165) is 55.2 Å². The molecule has 3 aliphatic rings. The van der Waals surface area contributed by atoms with Crippen molar-refractivity contribution in [3.63, 3.8) is 0 Å². The van der Waals surface area contributed by atoms with Crippen LogP contribution in [0.15, 0.2) is 24.5 Å². The summed E-state index contributed by atoms with van der Waals surface area (Å²) < 4.78 is 0. The molecule has 166 valence electrons. The fraction of sp³-hybridized carbons (Fsp3) is 0.640. The Labute approximate surface area is 185 Å². The fourth-order valence-corrected chi connectivity index (χ4v) is 5.91. The van der Waals surface area contributed by atoms with Crippen LogP contribution in [0.4, 0.5) is 0 Å². The van der Waals surface area contributed by atoms with Crippen LogP contribution in [0.3, 0.4) is 0 Å². The van der Waals surface area contributed by atoms with E-state index in [0.29, 0.717) is 18.2 Å². The highest BCUT2D eigenvalue weighted by Crippen LogP contribution is 2.29. The molecule has 1 aliphatic heterocycles. The number of H-pyrrole nitrogens is 1. The van der Waals surface area contributed by atoms with Gasteiger partial charge < -0.3 is 9.80 Å². The highest BCUT2D eigenvalue weighted by atomic mass is 16.2. The molecule has 1 unspecified atom stereocenters. The van der Waals surface area contributed by atoms with Crippen molar-refractivity contribution in [2.45, 2.75) is 76.8 Å². The van der Waals surface area contributed by atoms with Crippen LogP contribution in [-0.2, 0) is 19.4 Å². The van der Waals surface area contributed by atoms with Gasteiger partial charge in [0.15, 0.2) is 5.69 Å². The van der Waals surface area contributed by atoms with Crippen LogP contribution >= 0.6 is 0 Å². The molecule has 2 aromatic rings. The van der Waals surface area contributed by atoms with Gasteiger partial charge in [0.05, 0.1) is 0 Å². The topological polar surface area (TPSA) is 65.1 Å². The molecule has 6 heteroatoms. The Morgan fingerprint density at radius 1 is 1.13 bits per heavy atom. The largest absolute Gasteiger partial charge is 0.333 e. The minimum atomic E-state index is 0.0815. The number of hydrogen-bond donors (Lipinski definition) is 1. The molecule has 0 bridgehead atoms. The minimum Gasteiger partial charge on any atom is -0.333 e. The summed E-state index contributed by atoms with van der Waals surface area (Å²) in [5, 5.41) is 7.56. The number of piperidine rings is 1. The van der Waals surface area contributed by atoms with Crippen molar-refractivity contribution >= 4 is 5.91 Å². The van der Waals surface area contributed by atoms with E-state index < -0.39 is 0 Å². The van der Waals surface area contributed by atoms with Crippen LogP contribution in [-0.4, -0.2) is 56.6 Å². The number of aryl methyl sites for hydroxylation is 1. The number of pyridine rings is 1. The van der Waals surface area contributed by atoms with Gasteiger partial charge in [0.25, 0.3) is 5.91 Å². The highest BCUT2D eigenvalue weighted by Gasteiger charge is 2.31. The van der Waals surface area contributed by atoms with E-state index in [9.17, 15) is 4.79 Å². The van der Waals surface area contributed by atoms with Gasteiger partial charge in [-0.15, -0.1) is 0 Å². The molecule has 0 aromatic carbocycles. The van der Waals surface area contributed by atoms with Gasteiger partial charge in [0.2, 0.25) is 0 Å². The average Bonchev–Trinajstić information content (AvgIpc) is 3.44. The zero-order chi connectivity index (χ0) is 21.0. The predicted molar refractivity (Wildman–Crippen MR) is 121 cm³/mol. The Morgan fingerprint density at radius 2 is 2.03 bits per heavy atom. The second-order valence-corrected chi connectivity index (χ2v) is 9.72. The molecular weight excluding hydrogens is 386 g/mol. The van der Waals surface area contributed by atoms with Crippen LogP contribution in [0.2, 0.25) is 0 Å². The van der Waals surface area contributed by atoms with Gasteiger partial charge in [-0.1, -0.05) is 25.3 Å². The lowest BCUT2D eigenvalue weighted by atomic mass is 9.90. The molecule has 1 atom stereocenters. The van der Waals surface area contributed by atoms with Gasteiger partial charge in [-0.25, -0.2) is 0 Å². The van der Waals surface area contributed by atoms with Gasteiger partial charge in [0, 0.05) is 49.3 Å². The normalized spacial score (nSPS) is 22.4.